The van der Waals surface area contributed by atoms with Crippen LogP contribution in [0.5, 0.6) is 0 Å². The Hall–Kier alpha value is -2.95. The lowest BCUT2D eigenvalue weighted by atomic mass is 10.0. The summed E-state index contributed by atoms with van der Waals surface area (Å²) in [6.45, 7) is 0. The van der Waals surface area contributed by atoms with Gasteiger partial charge >= 0.3 is 5.97 Å². The van der Waals surface area contributed by atoms with Crippen LogP contribution in [0.1, 0.15) is 28.0 Å². The fourth-order valence-corrected chi connectivity index (χ4v) is 2.53. The van der Waals surface area contributed by atoms with Crippen LogP contribution < -0.4 is 0 Å². The molecule has 0 spiro atoms. The normalized spacial score (nSPS) is 10.8. The smallest absolute Gasteiger partial charge is 0.303 e. The molecular formula is C18H14FNO3. The summed E-state index contributed by atoms with van der Waals surface area (Å²) < 4.78 is 14.8. The number of carboxylic acids is 1. The first-order valence-corrected chi connectivity index (χ1v) is 7.16. The van der Waals surface area contributed by atoms with Gasteiger partial charge in [0, 0.05) is 23.7 Å². The summed E-state index contributed by atoms with van der Waals surface area (Å²) in [6, 6.07) is 12.6. The number of nitrogens with zero attached hydrogens (tertiary/aromatic N) is 1. The Labute approximate surface area is 131 Å². The molecule has 0 radical (unpaired) electrons. The second-order valence-corrected chi connectivity index (χ2v) is 5.28. The molecule has 116 valence electrons. The number of halogens is 1. The summed E-state index contributed by atoms with van der Waals surface area (Å²) in [6.07, 6.45) is 2.12. The molecule has 2 aromatic heterocycles. The van der Waals surface area contributed by atoms with Crippen LogP contribution in [0.3, 0.4) is 0 Å². The third kappa shape index (κ3) is 3.13. The van der Waals surface area contributed by atoms with E-state index in [1.165, 1.54) is 24.3 Å². The first-order valence-electron chi connectivity index (χ1n) is 7.16. The molecule has 2 heterocycles. The molecule has 0 saturated carbocycles. The molecular weight excluding hydrogens is 297 g/mol. The quantitative estimate of drug-likeness (QED) is 0.735. The third-order valence-corrected chi connectivity index (χ3v) is 3.66. The van der Waals surface area contributed by atoms with Crippen LogP contribution in [-0.4, -0.2) is 21.3 Å². The zero-order chi connectivity index (χ0) is 16.4. The van der Waals surface area contributed by atoms with E-state index >= 15 is 0 Å². The van der Waals surface area contributed by atoms with Crippen LogP contribution in [-0.2, 0) is 11.2 Å². The highest BCUT2D eigenvalue weighted by Crippen LogP contribution is 2.18. The molecule has 0 amide bonds. The van der Waals surface area contributed by atoms with Crippen molar-refractivity contribution in [1.82, 2.24) is 4.40 Å². The van der Waals surface area contributed by atoms with E-state index in [1.54, 1.807) is 16.7 Å². The van der Waals surface area contributed by atoms with Crippen molar-refractivity contribution in [2.45, 2.75) is 12.8 Å². The number of aryl methyl sites for hydroxylation is 1. The number of carboxylic acid groups (broad SMARTS) is 1. The van der Waals surface area contributed by atoms with Crippen molar-refractivity contribution in [3.8, 4) is 0 Å². The standard InChI is InChI=1S/C18H14FNO3/c19-14-6-4-13(5-7-14)18(23)16-11-12(3-8-17(21)22)10-15-2-1-9-20(15)16/h1-2,4-7,9-11H,3,8H2,(H,21,22). The maximum Gasteiger partial charge on any atom is 0.303 e. The Morgan fingerprint density at radius 2 is 1.83 bits per heavy atom. The van der Waals surface area contributed by atoms with Crippen LogP contribution in [0, 0.1) is 5.82 Å². The summed E-state index contributed by atoms with van der Waals surface area (Å²) in [4.78, 5) is 23.5. The van der Waals surface area contributed by atoms with Gasteiger partial charge in [-0.25, -0.2) is 4.39 Å². The largest absolute Gasteiger partial charge is 0.481 e. The highest BCUT2D eigenvalue weighted by molar-refractivity contribution is 6.08. The molecule has 0 aliphatic rings. The molecule has 0 fully saturated rings. The average molecular weight is 311 g/mol. The Balaban J connectivity index is 2.04. The molecule has 0 saturated heterocycles. The van der Waals surface area contributed by atoms with E-state index in [-0.39, 0.29) is 12.2 Å². The van der Waals surface area contributed by atoms with Crippen molar-refractivity contribution < 1.29 is 19.1 Å². The zero-order valence-electron chi connectivity index (χ0n) is 12.2. The summed E-state index contributed by atoms with van der Waals surface area (Å²) >= 11 is 0. The molecule has 0 bridgehead atoms. The van der Waals surface area contributed by atoms with Gasteiger partial charge in [-0.3, -0.25) is 9.59 Å². The highest BCUT2D eigenvalue weighted by atomic mass is 19.1. The summed E-state index contributed by atoms with van der Waals surface area (Å²) in [5.74, 6) is -1.52. The Morgan fingerprint density at radius 1 is 1.09 bits per heavy atom. The second-order valence-electron chi connectivity index (χ2n) is 5.28. The summed E-state index contributed by atoms with van der Waals surface area (Å²) in [7, 11) is 0. The number of hydrogen-bond donors (Lipinski definition) is 1. The minimum absolute atomic E-state index is 0.00105. The Kier molecular flexibility index (Phi) is 3.93. The minimum Gasteiger partial charge on any atom is -0.481 e. The molecule has 0 atom stereocenters. The first-order chi connectivity index (χ1) is 11.0. The maximum atomic E-state index is 13.0. The Bertz CT molecular complexity index is 881. The lowest BCUT2D eigenvalue weighted by Crippen LogP contribution is -2.09. The van der Waals surface area contributed by atoms with E-state index in [0.29, 0.717) is 17.7 Å². The van der Waals surface area contributed by atoms with Crippen molar-refractivity contribution in [3.05, 3.63) is 77.4 Å². The van der Waals surface area contributed by atoms with Gasteiger partial charge in [0.1, 0.15) is 5.82 Å². The fraction of sp³-hybridized carbons (Fsp3) is 0.111. The van der Waals surface area contributed by atoms with Crippen LogP contribution in [0.25, 0.3) is 5.52 Å². The number of pyridine rings is 1. The van der Waals surface area contributed by atoms with Gasteiger partial charge in [0.25, 0.3) is 0 Å². The maximum absolute atomic E-state index is 13.0. The van der Waals surface area contributed by atoms with E-state index in [4.69, 9.17) is 5.11 Å². The molecule has 1 N–H and O–H groups in total. The molecule has 1 aromatic carbocycles. The summed E-state index contributed by atoms with van der Waals surface area (Å²) in [5, 5.41) is 8.82. The number of aliphatic carboxylic acids is 1. The van der Waals surface area contributed by atoms with E-state index in [0.717, 1.165) is 11.1 Å². The van der Waals surface area contributed by atoms with E-state index in [1.807, 2.05) is 18.2 Å². The number of carbonyl (C=O) groups is 2. The fourth-order valence-electron chi connectivity index (χ4n) is 2.53. The van der Waals surface area contributed by atoms with Crippen molar-refractivity contribution in [2.24, 2.45) is 0 Å². The minimum atomic E-state index is -0.883. The van der Waals surface area contributed by atoms with Gasteiger partial charge in [0.15, 0.2) is 0 Å². The second kappa shape index (κ2) is 6.04. The monoisotopic (exact) mass is 311 g/mol. The van der Waals surface area contributed by atoms with Crippen molar-refractivity contribution in [3.63, 3.8) is 0 Å². The van der Waals surface area contributed by atoms with E-state index in [9.17, 15) is 14.0 Å². The van der Waals surface area contributed by atoms with Gasteiger partial charge in [0.05, 0.1) is 5.69 Å². The molecule has 23 heavy (non-hydrogen) atoms. The predicted molar refractivity (Wildman–Crippen MR) is 83.2 cm³/mol. The molecule has 3 rings (SSSR count). The molecule has 4 nitrogen and oxygen atoms in total. The number of rotatable bonds is 5. The third-order valence-electron chi connectivity index (χ3n) is 3.66. The predicted octanol–water partition coefficient (Wildman–Crippen LogP) is 3.33. The van der Waals surface area contributed by atoms with Crippen molar-refractivity contribution in [2.75, 3.05) is 0 Å². The highest BCUT2D eigenvalue weighted by Gasteiger charge is 2.14. The lowest BCUT2D eigenvalue weighted by molar-refractivity contribution is -0.136. The van der Waals surface area contributed by atoms with Gasteiger partial charge in [-0.05, 0) is 60.5 Å². The number of aromatic nitrogens is 1. The van der Waals surface area contributed by atoms with Crippen molar-refractivity contribution >= 4 is 17.3 Å². The molecule has 5 heteroatoms. The lowest BCUT2D eigenvalue weighted by Gasteiger charge is -2.09. The SMILES string of the molecule is O=C(O)CCc1cc(C(=O)c2ccc(F)cc2)n2cccc2c1. The number of carbonyl (C=O) groups excluding carboxylic acids is 1. The summed E-state index contributed by atoms with van der Waals surface area (Å²) in [5.41, 5.74) is 2.42. The van der Waals surface area contributed by atoms with Crippen LogP contribution in [0.2, 0.25) is 0 Å². The average Bonchev–Trinajstić information content (AvgIpc) is 3.00. The number of hydrogen-bond acceptors (Lipinski definition) is 2. The molecule has 0 aliphatic carbocycles. The van der Waals surface area contributed by atoms with E-state index in [2.05, 4.69) is 0 Å². The molecule has 0 aliphatic heterocycles. The topological polar surface area (TPSA) is 58.8 Å². The van der Waals surface area contributed by atoms with Gasteiger partial charge < -0.3 is 9.51 Å². The van der Waals surface area contributed by atoms with Crippen molar-refractivity contribution in [1.29, 1.82) is 0 Å². The molecule has 3 aromatic rings. The van der Waals surface area contributed by atoms with Crippen LogP contribution in [0.4, 0.5) is 4.39 Å². The van der Waals surface area contributed by atoms with Gasteiger partial charge in [-0.2, -0.15) is 0 Å². The number of ketones is 1. The Morgan fingerprint density at radius 3 is 2.52 bits per heavy atom. The zero-order valence-corrected chi connectivity index (χ0v) is 12.2. The number of benzene rings is 1. The first kappa shape index (κ1) is 15.0. The molecule has 0 unspecified atom stereocenters. The van der Waals surface area contributed by atoms with Crippen LogP contribution in [0.15, 0.2) is 54.7 Å². The number of fused-ring (bicyclic) bond motifs is 1. The van der Waals surface area contributed by atoms with Gasteiger partial charge in [-0.1, -0.05) is 0 Å². The van der Waals surface area contributed by atoms with Crippen LogP contribution >= 0.6 is 0 Å². The van der Waals surface area contributed by atoms with Gasteiger partial charge in [-0.15, -0.1) is 0 Å². The van der Waals surface area contributed by atoms with E-state index < -0.39 is 11.8 Å². The van der Waals surface area contributed by atoms with Gasteiger partial charge in [0.2, 0.25) is 5.78 Å².